The fraction of sp³-hybridized carbons (Fsp3) is 0.526. The third-order valence-corrected chi connectivity index (χ3v) is 7.06. The van der Waals surface area contributed by atoms with Gasteiger partial charge in [0.25, 0.3) is 0 Å². The van der Waals surface area contributed by atoms with Gasteiger partial charge in [0.1, 0.15) is 5.54 Å². The number of imide groups is 1. The van der Waals surface area contributed by atoms with E-state index in [0.29, 0.717) is 6.61 Å². The predicted octanol–water partition coefficient (Wildman–Crippen LogP) is 1.32. The highest BCUT2D eigenvalue weighted by Gasteiger charge is 2.74. The van der Waals surface area contributed by atoms with E-state index in [0.717, 1.165) is 35.1 Å². The first-order valence-electron chi connectivity index (χ1n) is 9.24. The number of carbonyl (C=O) groups is 3. The van der Waals surface area contributed by atoms with Crippen LogP contribution in [-0.2, 0) is 24.7 Å². The molecule has 1 spiro atoms. The number of hydrogen-bond acceptors (Lipinski definition) is 5. The summed E-state index contributed by atoms with van der Waals surface area (Å²) in [6.07, 6.45) is 1.75. The SMILES string of the molecule is COCCN1C(=O)[C@H]2C3CCCN3C3(C(=O)Nc4ccc(Br)cc43)[C@H]2C1=O. The van der Waals surface area contributed by atoms with Crippen molar-refractivity contribution in [1.82, 2.24) is 9.80 Å². The molecular formula is C19H20BrN3O4. The second-order valence-corrected chi connectivity index (χ2v) is 8.55. The van der Waals surface area contributed by atoms with Crippen molar-refractivity contribution in [2.24, 2.45) is 11.8 Å². The smallest absolute Gasteiger partial charge is 0.250 e. The van der Waals surface area contributed by atoms with E-state index in [1.807, 2.05) is 18.2 Å². The minimum absolute atomic E-state index is 0.0744. The molecule has 4 atom stereocenters. The molecule has 27 heavy (non-hydrogen) atoms. The maximum absolute atomic E-state index is 13.4. The highest BCUT2D eigenvalue weighted by molar-refractivity contribution is 9.10. The van der Waals surface area contributed by atoms with Crippen LogP contribution in [0.4, 0.5) is 5.69 Å². The first kappa shape index (κ1) is 17.3. The summed E-state index contributed by atoms with van der Waals surface area (Å²) < 4.78 is 5.93. The van der Waals surface area contributed by atoms with Crippen LogP contribution < -0.4 is 5.32 Å². The highest BCUT2D eigenvalue weighted by Crippen LogP contribution is 2.60. The average molecular weight is 434 g/mol. The number of nitrogens with zero attached hydrogens (tertiary/aromatic N) is 2. The summed E-state index contributed by atoms with van der Waals surface area (Å²) in [6.45, 7) is 1.25. The minimum atomic E-state index is -1.10. The zero-order valence-corrected chi connectivity index (χ0v) is 16.5. The van der Waals surface area contributed by atoms with Gasteiger partial charge in [-0.1, -0.05) is 15.9 Å². The van der Waals surface area contributed by atoms with E-state index in [-0.39, 0.29) is 30.3 Å². The van der Waals surface area contributed by atoms with Crippen LogP contribution in [0.2, 0.25) is 0 Å². The largest absolute Gasteiger partial charge is 0.383 e. The maximum Gasteiger partial charge on any atom is 0.250 e. The van der Waals surface area contributed by atoms with Crippen LogP contribution in [0.25, 0.3) is 0 Å². The van der Waals surface area contributed by atoms with Gasteiger partial charge in [0.2, 0.25) is 17.7 Å². The standard InChI is InChI=1S/C19H20BrN3O4/c1-27-8-7-22-16(24)14-13-3-2-6-23(13)19(15(14)17(22)25)11-9-10(20)4-5-12(11)21-18(19)26/h4-5,9,13-15H,2-3,6-8H2,1H3,(H,21,26)/t13?,14-,15+,19?/m0/s1. The minimum Gasteiger partial charge on any atom is -0.383 e. The molecule has 0 aromatic heterocycles. The number of benzene rings is 1. The Hall–Kier alpha value is -1.77. The molecule has 8 heteroatoms. The topological polar surface area (TPSA) is 79.0 Å². The second-order valence-electron chi connectivity index (χ2n) is 7.64. The Morgan fingerprint density at radius 2 is 2.11 bits per heavy atom. The molecule has 4 aliphatic rings. The van der Waals surface area contributed by atoms with Gasteiger partial charge in [-0.2, -0.15) is 0 Å². The van der Waals surface area contributed by atoms with Gasteiger partial charge in [-0.25, -0.2) is 0 Å². The highest BCUT2D eigenvalue weighted by atomic mass is 79.9. The fourth-order valence-corrected chi connectivity index (χ4v) is 6.00. The van der Waals surface area contributed by atoms with E-state index >= 15 is 0 Å². The molecule has 3 saturated heterocycles. The molecule has 0 aliphatic carbocycles. The molecule has 5 rings (SSSR count). The van der Waals surface area contributed by atoms with Crippen LogP contribution in [0.5, 0.6) is 0 Å². The average Bonchev–Trinajstić information content (AvgIpc) is 3.33. The van der Waals surface area contributed by atoms with Crippen LogP contribution in [0, 0.1) is 11.8 Å². The van der Waals surface area contributed by atoms with Gasteiger partial charge in [0.15, 0.2) is 0 Å². The van der Waals surface area contributed by atoms with E-state index in [4.69, 9.17) is 4.74 Å². The zero-order chi connectivity index (χ0) is 18.9. The van der Waals surface area contributed by atoms with Crippen molar-refractivity contribution < 1.29 is 19.1 Å². The lowest BCUT2D eigenvalue weighted by atomic mass is 9.75. The van der Waals surface area contributed by atoms with Crippen molar-refractivity contribution >= 4 is 39.3 Å². The van der Waals surface area contributed by atoms with Crippen LogP contribution >= 0.6 is 15.9 Å². The molecule has 1 aromatic rings. The predicted molar refractivity (Wildman–Crippen MR) is 99.8 cm³/mol. The molecule has 2 unspecified atom stereocenters. The van der Waals surface area contributed by atoms with Crippen molar-refractivity contribution in [3.63, 3.8) is 0 Å². The second kappa shape index (κ2) is 5.86. The number of fused-ring (bicyclic) bond motifs is 7. The number of hydrogen-bond donors (Lipinski definition) is 1. The molecular weight excluding hydrogens is 414 g/mol. The number of likely N-dealkylation sites (tertiary alicyclic amines) is 1. The molecule has 3 amide bonds. The molecule has 0 bridgehead atoms. The Morgan fingerprint density at radius 3 is 2.89 bits per heavy atom. The molecule has 3 fully saturated rings. The van der Waals surface area contributed by atoms with Gasteiger partial charge in [0.05, 0.1) is 25.0 Å². The fourth-order valence-electron chi connectivity index (χ4n) is 5.64. The Bertz CT molecular complexity index is 875. The third-order valence-electron chi connectivity index (χ3n) is 6.56. The Balaban J connectivity index is 1.69. The number of anilines is 1. The summed E-state index contributed by atoms with van der Waals surface area (Å²) in [5, 5.41) is 2.97. The Kier molecular flexibility index (Phi) is 3.76. The molecule has 4 aliphatic heterocycles. The van der Waals surface area contributed by atoms with Gasteiger partial charge in [-0.3, -0.25) is 24.2 Å². The molecule has 7 nitrogen and oxygen atoms in total. The van der Waals surface area contributed by atoms with Gasteiger partial charge < -0.3 is 10.1 Å². The summed E-state index contributed by atoms with van der Waals surface area (Å²) in [7, 11) is 1.55. The summed E-state index contributed by atoms with van der Waals surface area (Å²) >= 11 is 3.50. The molecule has 142 valence electrons. The maximum atomic E-state index is 13.4. The Labute approximate surface area is 165 Å². The van der Waals surface area contributed by atoms with E-state index in [9.17, 15) is 14.4 Å². The van der Waals surface area contributed by atoms with Crippen molar-refractivity contribution in [3.05, 3.63) is 28.2 Å². The number of amides is 3. The number of ether oxygens (including phenoxy) is 1. The lowest BCUT2D eigenvalue weighted by Crippen LogP contribution is -2.54. The molecule has 1 aromatic carbocycles. The monoisotopic (exact) mass is 433 g/mol. The van der Waals surface area contributed by atoms with Crippen molar-refractivity contribution in [2.45, 2.75) is 24.4 Å². The van der Waals surface area contributed by atoms with Gasteiger partial charge in [-0.15, -0.1) is 0 Å². The number of carbonyl (C=O) groups excluding carboxylic acids is 3. The third kappa shape index (κ3) is 2.01. The van der Waals surface area contributed by atoms with Crippen molar-refractivity contribution in [2.75, 3.05) is 32.1 Å². The van der Waals surface area contributed by atoms with E-state index in [1.54, 1.807) is 7.11 Å². The normalized spacial score (nSPS) is 34.4. The molecule has 1 N–H and O–H groups in total. The van der Waals surface area contributed by atoms with Crippen molar-refractivity contribution in [1.29, 1.82) is 0 Å². The van der Waals surface area contributed by atoms with E-state index in [2.05, 4.69) is 26.1 Å². The summed E-state index contributed by atoms with van der Waals surface area (Å²) in [4.78, 5) is 43.3. The Morgan fingerprint density at radius 1 is 1.30 bits per heavy atom. The zero-order valence-electron chi connectivity index (χ0n) is 14.9. The van der Waals surface area contributed by atoms with Crippen LogP contribution in [0.15, 0.2) is 22.7 Å². The number of methoxy groups -OCH3 is 1. The number of nitrogens with one attached hydrogen (secondary N) is 1. The van der Waals surface area contributed by atoms with Crippen LogP contribution in [0.1, 0.15) is 18.4 Å². The summed E-state index contributed by atoms with van der Waals surface area (Å²) in [5.41, 5.74) is 0.431. The summed E-state index contributed by atoms with van der Waals surface area (Å²) in [6, 6.07) is 5.57. The van der Waals surface area contributed by atoms with Crippen LogP contribution in [-0.4, -0.2) is 60.4 Å². The van der Waals surface area contributed by atoms with Gasteiger partial charge >= 0.3 is 0 Å². The first-order chi connectivity index (χ1) is 13.0. The van der Waals surface area contributed by atoms with Gasteiger partial charge in [-0.05, 0) is 37.6 Å². The van der Waals surface area contributed by atoms with E-state index < -0.39 is 17.4 Å². The number of halogens is 1. The molecule has 0 radical (unpaired) electrons. The van der Waals surface area contributed by atoms with Gasteiger partial charge in [0, 0.05) is 28.9 Å². The molecule has 0 saturated carbocycles. The molecule has 4 heterocycles. The van der Waals surface area contributed by atoms with E-state index in [1.165, 1.54) is 4.90 Å². The quantitative estimate of drug-likeness (QED) is 0.727. The lowest BCUT2D eigenvalue weighted by Gasteiger charge is -2.36. The summed E-state index contributed by atoms with van der Waals surface area (Å²) in [5.74, 6) is -1.74. The lowest BCUT2D eigenvalue weighted by molar-refractivity contribution is -0.146. The number of rotatable bonds is 3. The first-order valence-corrected chi connectivity index (χ1v) is 10.0. The van der Waals surface area contributed by atoms with Crippen LogP contribution in [0.3, 0.4) is 0 Å². The van der Waals surface area contributed by atoms with Crippen molar-refractivity contribution in [3.8, 4) is 0 Å².